The molecule has 0 unspecified atom stereocenters. The highest BCUT2D eigenvalue weighted by Gasteiger charge is 2.10. The summed E-state index contributed by atoms with van der Waals surface area (Å²) in [5.41, 5.74) is 1.43. The number of tetrazole rings is 1. The van der Waals surface area contributed by atoms with Crippen molar-refractivity contribution in [1.29, 1.82) is 0 Å². The van der Waals surface area contributed by atoms with Crippen molar-refractivity contribution in [2.45, 2.75) is 6.54 Å². The monoisotopic (exact) mass is 357 g/mol. The lowest BCUT2D eigenvalue weighted by atomic mass is 10.2. The molecule has 1 amide bonds. The second-order valence-electron chi connectivity index (χ2n) is 4.53. The molecule has 0 aliphatic carbocycles. The summed E-state index contributed by atoms with van der Waals surface area (Å²) in [7, 11) is 0. The van der Waals surface area contributed by atoms with E-state index in [0.29, 0.717) is 11.4 Å². The molecular weight excluding hydrogens is 346 g/mol. The molecule has 22 heavy (non-hydrogen) atoms. The van der Waals surface area contributed by atoms with Crippen LogP contribution in [-0.2, 0) is 6.54 Å². The van der Waals surface area contributed by atoms with E-state index < -0.39 is 0 Å². The summed E-state index contributed by atoms with van der Waals surface area (Å²) in [6.07, 6.45) is 0. The second-order valence-corrected chi connectivity index (χ2v) is 5.45. The number of carbonyl (C=O) groups excluding carboxylic acids is 1. The fourth-order valence-corrected chi connectivity index (χ4v) is 2.21. The lowest BCUT2D eigenvalue weighted by molar-refractivity contribution is 0.0949. The van der Waals surface area contributed by atoms with Gasteiger partial charge in [-0.05, 0) is 46.8 Å². The zero-order valence-corrected chi connectivity index (χ0v) is 13.1. The van der Waals surface area contributed by atoms with E-state index in [-0.39, 0.29) is 12.5 Å². The number of halogens is 1. The van der Waals surface area contributed by atoms with Gasteiger partial charge in [0.25, 0.3) is 5.91 Å². The molecule has 7 heteroatoms. The Hall–Kier alpha value is -2.54. The average molecular weight is 358 g/mol. The van der Waals surface area contributed by atoms with E-state index in [1.165, 1.54) is 0 Å². The van der Waals surface area contributed by atoms with Crippen LogP contribution in [0.15, 0.2) is 59.1 Å². The molecular formula is C15H12BrN5O. The molecule has 1 heterocycles. The van der Waals surface area contributed by atoms with Gasteiger partial charge in [-0.1, -0.05) is 34.1 Å². The molecule has 3 rings (SSSR count). The number of amides is 1. The minimum Gasteiger partial charge on any atom is -0.345 e. The summed E-state index contributed by atoms with van der Waals surface area (Å²) >= 11 is 3.39. The van der Waals surface area contributed by atoms with Crippen LogP contribution in [0.2, 0.25) is 0 Å². The van der Waals surface area contributed by atoms with E-state index in [4.69, 9.17) is 0 Å². The molecule has 1 aromatic heterocycles. The molecule has 2 aromatic carbocycles. The number of nitrogens with zero attached hydrogens (tertiary/aromatic N) is 4. The lowest BCUT2D eigenvalue weighted by Crippen LogP contribution is -2.24. The Morgan fingerprint density at radius 2 is 1.82 bits per heavy atom. The minimum atomic E-state index is -0.161. The van der Waals surface area contributed by atoms with Crippen molar-refractivity contribution in [2.75, 3.05) is 0 Å². The summed E-state index contributed by atoms with van der Waals surface area (Å²) in [5.74, 6) is 0.401. The smallest absolute Gasteiger partial charge is 0.251 e. The Kier molecular flexibility index (Phi) is 4.24. The van der Waals surface area contributed by atoms with Gasteiger partial charge in [-0.3, -0.25) is 4.79 Å². The SMILES string of the molecule is O=C(NCc1nnnn1-c1ccc(Br)cc1)c1ccccc1. The van der Waals surface area contributed by atoms with Crippen LogP contribution in [0, 0.1) is 0 Å². The van der Waals surface area contributed by atoms with E-state index in [1.54, 1.807) is 16.8 Å². The zero-order valence-electron chi connectivity index (χ0n) is 11.5. The molecule has 3 aromatic rings. The molecule has 0 atom stereocenters. The first-order valence-electron chi connectivity index (χ1n) is 6.60. The minimum absolute atomic E-state index is 0.161. The third-order valence-electron chi connectivity index (χ3n) is 3.05. The third-order valence-corrected chi connectivity index (χ3v) is 3.58. The number of carbonyl (C=O) groups is 1. The number of hydrogen-bond donors (Lipinski definition) is 1. The van der Waals surface area contributed by atoms with Crippen molar-refractivity contribution in [3.8, 4) is 5.69 Å². The van der Waals surface area contributed by atoms with E-state index in [2.05, 4.69) is 36.8 Å². The average Bonchev–Trinajstić information content (AvgIpc) is 3.02. The lowest BCUT2D eigenvalue weighted by Gasteiger charge is -2.06. The number of rotatable bonds is 4. The van der Waals surface area contributed by atoms with Gasteiger partial charge in [0, 0.05) is 10.0 Å². The first-order valence-corrected chi connectivity index (χ1v) is 7.40. The highest BCUT2D eigenvalue weighted by atomic mass is 79.9. The molecule has 0 spiro atoms. The number of benzene rings is 2. The number of hydrogen-bond acceptors (Lipinski definition) is 4. The van der Waals surface area contributed by atoms with Crippen LogP contribution in [0.3, 0.4) is 0 Å². The summed E-state index contributed by atoms with van der Waals surface area (Å²) in [5, 5.41) is 14.4. The van der Waals surface area contributed by atoms with Gasteiger partial charge in [0.05, 0.1) is 12.2 Å². The Morgan fingerprint density at radius 1 is 1.09 bits per heavy atom. The maximum Gasteiger partial charge on any atom is 0.251 e. The summed E-state index contributed by atoms with van der Waals surface area (Å²) in [6, 6.07) is 16.6. The van der Waals surface area contributed by atoms with Crippen molar-refractivity contribution in [3.05, 3.63) is 70.5 Å². The zero-order chi connectivity index (χ0) is 15.4. The van der Waals surface area contributed by atoms with Crippen LogP contribution < -0.4 is 5.32 Å². The van der Waals surface area contributed by atoms with Crippen molar-refractivity contribution in [2.24, 2.45) is 0 Å². The van der Waals surface area contributed by atoms with Crippen LogP contribution >= 0.6 is 15.9 Å². The molecule has 1 N–H and O–H groups in total. The first kappa shape index (κ1) is 14.4. The van der Waals surface area contributed by atoms with E-state index >= 15 is 0 Å². The van der Waals surface area contributed by atoms with Crippen molar-refractivity contribution < 1.29 is 4.79 Å². The van der Waals surface area contributed by atoms with Crippen LogP contribution in [0.5, 0.6) is 0 Å². The topological polar surface area (TPSA) is 72.7 Å². The summed E-state index contributed by atoms with van der Waals surface area (Å²) in [4.78, 5) is 12.0. The maximum atomic E-state index is 12.0. The van der Waals surface area contributed by atoms with Gasteiger partial charge in [0.15, 0.2) is 5.82 Å². The molecule has 0 radical (unpaired) electrons. The molecule has 0 aliphatic heterocycles. The van der Waals surface area contributed by atoms with Crippen molar-refractivity contribution in [3.63, 3.8) is 0 Å². The van der Waals surface area contributed by atoms with Crippen molar-refractivity contribution >= 4 is 21.8 Å². The third kappa shape index (κ3) is 3.20. The fraction of sp³-hybridized carbons (Fsp3) is 0.0667. The van der Waals surface area contributed by atoms with Gasteiger partial charge in [-0.25, -0.2) is 0 Å². The Balaban J connectivity index is 1.73. The van der Waals surface area contributed by atoms with Crippen LogP contribution in [0.4, 0.5) is 0 Å². The predicted molar refractivity (Wildman–Crippen MR) is 84.5 cm³/mol. The predicted octanol–water partition coefficient (Wildman–Crippen LogP) is 2.35. The van der Waals surface area contributed by atoms with Gasteiger partial charge in [-0.2, -0.15) is 4.68 Å². The van der Waals surface area contributed by atoms with Gasteiger partial charge in [0.2, 0.25) is 0 Å². The molecule has 0 saturated heterocycles. The normalized spacial score (nSPS) is 10.4. The number of nitrogens with one attached hydrogen (secondary N) is 1. The fourth-order valence-electron chi connectivity index (χ4n) is 1.95. The first-order chi connectivity index (χ1) is 10.7. The van der Waals surface area contributed by atoms with Crippen LogP contribution in [0.1, 0.15) is 16.2 Å². The van der Waals surface area contributed by atoms with Gasteiger partial charge >= 0.3 is 0 Å². The van der Waals surface area contributed by atoms with Crippen LogP contribution in [-0.4, -0.2) is 26.1 Å². The maximum absolute atomic E-state index is 12.0. The van der Waals surface area contributed by atoms with E-state index in [9.17, 15) is 4.79 Å². The molecule has 0 fully saturated rings. The highest BCUT2D eigenvalue weighted by molar-refractivity contribution is 9.10. The molecule has 6 nitrogen and oxygen atoms in total. The molecule has 110 valence electrons. The Labute approximate surface area is 135 Å². The molecule has 0 bridgehead atoms. The molecule has 0 aliphatic rings. The van der Waals surface area contributed by atoms with Crippen molar-refractivity contribution in [1.82, 2.24) is 25.5 Å². The van der Waals surface area contributed by atoms with E-state index in [0.717, 1.165) is 10.2 Å². The standard InChI is InChI=1S/C15H12BrN5O/c16-12-6-8-13(9-7-12)21-14(18-19-20-21)10-17-15(22)11-4-2-1-3-5-11/h1-9H,10H2,(H,17,22). The second kappa shape index (κ2) is 6.48. The summed E-state index contributed by atoms with van der Waals surface area (Å²) in [6.45, 7) is 0.247. The largest absolute Gasteiger partial charge is 0.345 e. The van der Waals surface area contributed by atoms with Gasteiger partial charge in [-0.15, -0.1) is 5.10 Å². The van der Waals surface area contributed by atoms with Gasteiger partial charge in [0.1, 0.15) is 0 Å². The number of aromatic nitrogens is 4. The quantitative estimate of drug-likeness (QED) is 0.777. The highest BCUT2D eigenvalue weighted by Crippen LogP contribution is 2.14. The Bertz CT molecular complexity index is 770. The van der Waals surface area contributed by atoms with Crippen LogP contribution in [0.25, 0.3) is 5.69 Å². The van der Waals surface area contributed by atoms with E-state index in [1.807, 2.05) is 42.5 Å². The Morgan fingerprint density at radius 3 is 2.55 bits per heavy atom. The molecule has 0 saturated carbocycles. The summed E-state index contributed by atoms with van der Waals surface area (Å²) < 4.78 is 2.57. The van der Waals surface area contributed by atoms with Gasteiger partial charge < -0.3 is 5.32 Å².